The minimum atomic E-state index is -0.798. The molecule has 1 atom stereocenters. The number of para-hydroxylation sites is 1. The molecular weight excluding hydrogens is 526 g/mol. The second kappa shape index (κ2) is 12.1. The Morgan fingerprint density at radius 3 is 2.52 bits per heavy atom. The number of carboxylic acids is 1. The highest BCUT2D eigenvalue weighted by Gasteiger charge is 2.34. The molecule has 2 aliphatic heterocycles. The van der Waals surface area contributed by atoms with Gasteiger partial charge in [0.25, 0.3) is 0 Å². The summed E-state index contributed by atoms with van der Waals surface area (Å²) in [6.45, 7) is 7.61. The lowest BCUT2D eigenvalue weighted by Gasteiger charge is -2.34. The van der Waals surface area contributed by atoms with E-state index in [9.17, 15) is 14.7 Å². The average Bonchev–Trinajstić information content (AvgIpc) is 3.31. The Hall–Kier alpha value is -3.97. The van der Waals surface area contributed by atoms with Gasteiger partial charge in [-0.2, -0.15) is 0 Å². The molecule has 42 heavy (non-hydrogen) atoms. The number of aromatic nitrogens is 2. The molecule has 7 nitrogen and oxygen atoms in total. The van der Waals surface area contributed by atoms with Crippen LogP contribution in [-0.4, -0.2) is 57.7 Å². The molecule has 1 N–H and O–H groups in total. The van der Waals surface area contributed by atoms with Crippen LogP contribution in [0, 0.1) is 19.8 Å². The van der Waals surface area contributed by atoms with Crippen molar-refractivity contribution < 1.29 is 19.4 Å². The molecule has 7 heteroatoms. The first-order chi connectivity index (χ1) is 20.4. The third kappa shape index (κ3) is 5.45. The number of hydrogen-bond acceptors (Lipinski definition) is 4. The van der Waals surface area contributed by atoms with Crippen LogP contribution in [0.5, 0.6) is 0 Å². The number of carbonyl (C=O) groups is 2. The Morgan fingerprint density at radius 1 is 1.05 bits per heavy atom. The van der Waals surface area contributed by atoms with E-state index in [0.717, 1.165) is 75.7 Å². The first-order valence-corrected chi connectivity index (χ1v) is 15.1. The Balaban J connectivity index is 1.34. The first-order valence-electron chi connectivity index (χ1n) is 15.1. The van der Waals surface area contributed by atoms with Crippen LogP contribution in [0.2, 0.25) is 0 Å². The van der Waals surface area contributed by atoms with E-state index < -0.39 is 5.97 Å². The number of carbonyl (C=O) groups excluding carboxylic acids is 1. The molecule has 1 fully saturated rings. The van der Waals surface area contributed by atoms with Crippen molar-refractivity contribution in [3.05, 3.63) is 88.6 Å². The van der Waals surface area contributed by atoms with Gasteiger partial charge in [-0.15, -0.1) is 0 Å². The van der Waals surface area contributed by atoms with Gasteiger partial charge in [-0.3, -0.25) is 9.59 Å². The summed E-state index contributed by atoms with van der Waals surface area (Å²) in [7, 11) is 0. The smallest absolute Gasteiger partial charge is 0.303 e. The summed E-state index contributed by atoms with van der Waals surface area (Å²) in [5, 5.41) is 11.5. The second-order valence-corrected chi connectivity index (χ2v) is 11.7. The standard InChI is InChI=1S/C35H39N3O4/c1-23-28(14-15-31(39)40)24(2)36-34-32(23)29-8-4-5-9-30(29)38(34)22-25-10-12-26(13-11-25)33(27-16-20-42-21-17-27)35(41)37-18-6-3-7-19-37/h3-6,8-13,27,33H,7,14-22H2,1-2H3,(H,39,40). The van der Waals surface area contributed by atoms with Crippen molar-refractivity contribution in [1.29, 1.82) is 0 Å². The summed E-state index contributed by atoms with van der Waals surface area (Å²) in [5.41, 5.74) is 7.26. The molecular formula is C35H39N3O4. The minimum absolute atomic E-state index is 0.0890. The number of pyridine rings is 1. The van der Waals surface area contributed by atoms with Crippen molar-refractivity contribution in [2.75, 3.05) is 26.3 Å². The van der Waals surface area contributed by atoms with E-state index in [2.05, 4.69) is 60.0 Å². The fourth-order valence-electron chi connectivity index (χ4n) is 6.90. The van der Waals surface area contributed by atoms with Crippen molar-refractivity contribution in [3.8, 4) is 0 Å². The van der Waals surface area contributed by atoms with E-state index in [-0.39, 0.29) is 24.2 Å². The van der Waals surface area contributed by atoms with Gasteiger partial charge in [0.1, 0.15) is 5.65 Å². The average molecular weight is 566 g/mol. The molecule has 2 aliphatic rings. The normalized spacial score (nSPS) is 16.8. The Bertz CT molecular complexity index is 1650. The zero-order valence-electron chi connectivity index (χ0n) is 24.5. The summed E-state index contributed by atoms with van der Waals surface area (Å²) in [5.74, 6) is -0.437. The van der Waals surface area contributed by atoms with Crippen molar-refractivity contribution in [2.45, 2.75) is 58.4 Å². The van der Waals surface area contributed by atoms with Crippen LogP contribution in [0.3, 0.4) is 0 Å². The van der Waals surface area contributed by atoms with E-state index in [1.807, 2.05) is 24.0 Å². The monoisotopic (exact) mass is 565 g/mol. The number of rotatable bonds is 8. The van der Waals surface area contributed by atoms with Crippen molar-refractivity contribution in [3.63, 3.8) is 0 Å². The predicted octanol–water partition coefficient (Wildman–Crippen LogP) is 6.17. The molecule has 0 saturated carbocycles. The third-order valence-corrected chi connectivity index (χ3v) is 9.12. The quantitative estimate of drug-likeness (QED) is 0.258. The van der Waals surface area contributed by atoms with Crippen LogP contribution in [0.25, 0.3) is 21.9 Å². The van der Waals surface area contributed by atoms with Gasteiger partial charge in [0.05, 0.1) is 11.4 Å². The topological polar surface area (TPSA) is 84.7 Å². The second-order valence-electron chi connectivity index (χ2n) is 11.7. The minimum Gasteiger partial charge on any atom is -0.481 e. The highest BCUT2D eigenvalue weighted by atomic mass is 16.5. The van der Waals surface area contributed by atoms with Crippen LogP contribution in [0.1, 0.15) is 59.5 Å². The molecule has 6 rings (SSSR count). The number of aryl methyl sites for hydroxylation is 2. The third-order valence-electron chi connectivity index (χ3n) is 9.12. The summed E-state index contributed by atoms with van der Waals surface area (Å²) in [4.78, 5) is 32.2. The first kappa shape index (κ1) is 28.2. The van der Waals surface area contributed by atoms with Gasteiger partial charge in [-0.1, -0.05) is 54.6 Å². The van der Waals surface area contributed by atoms with Gasteiger partial charge in [0.2, 0.25) is 5.91 Å². The molecule has 4 heterocycles. The highest BCUT2D eigenvalue weighted by Crippen LogP contribution is 2.36. The number of ether oxygens (including phenoxy) is 1. The molecule has 1 amide bonds. The molecule has 0 spiro atoms. The van der Waals surface area contributed by atoms with Gasteiger partial charge < -0.3 is 19.3 Å². The maximum absolute atomic E-state index is 13.8. The Labute approximate surface area is 246 Å². The van der Waals surface area contributed by atoms with E-state index >= 15 is 0 Å². The maximum Gasteiger partial charge on any atom is 0.303 e. The lowest BCUT2D eigenvalue weighted by atomic mass is 9.80. The van der Waals surface area contributed by atoms with Gasteiger partial charge in [-0.25, -0.2) is 4.98 Å². The van der Waals surface area contributed by atoms with E-state index in [4.69, 9.17) is 9.72 Å². The van der Waals surface area contributed by atoms with Crippen LogP contribution < -0.4 is 0 Å². The highest BCUT2D eigenvalue weighted by molar-refractivity contribution is 6.08. The van der Waals surface area contributed by atoms with Crippen molar-refractivity contribution in [1.82, 2.24) is 14.5 Å². The lowest BCUT2D eigenvalue weighted by Crippen LogP contribution is -2.40. The summed E-state index contributed by atoms with van der Waals surface area (Å²) in [6.07, 6.45) is 7.54. The fourth-order valence-corrected chi connectivity index (χ4v) is 6.90. The van der Waals surface area contributed by atoms with Crippen LogP contribution in [0.15, 0.2) is 60.7 Å². The molecule has 0 radical (unpaired) electrons. The van der Waals surface area contributed by atoms with Crippen LogP contribution in [0.4, 0.5) is 0 Å². The summed E-state index contributed by atoms with van der Waals surface area (Å²) in [6, 6.07) is 17.0. The summed E-state index contributed by atoms with van der Waals surface area (Å²) < 4.78 is 7.90. The Morgan fingerprint density at radius 2 is 1.81 bits per heavy atom. The molecule has 2 aromatic heterocycles. The zero-order chi connectivity index (χ0) is 29.2. The fraction of sp³-hybridized carbons (Fsp3) is 0.400. The van der Waals surface area contributed by atoms with E-state index in [0.29, 0.717) is 32.7 Å². The maximum atomic E-state index is 13.8. The number of fused-ring (bicyclic) bond motifs is 3. The van der Waals surface area contributed by atoms with Crippen molar-refractivity contribution >= 4 is 33.8 Å². The number of benzene rings is 2. The molecule has 1 saturated heterocycles. The van der Waals surface area contributed by atoms with Gasteiger partial charge in [-0.05, 0) is 73.8 Å². The van der Waals surface area contributed by atoms with Gasteiger partial charge in [0, 0.05) is 55.7 Å². The number of nitrogens with zero attached hydrogens (tertiary/aromatic N) is 3. The molecule has 2 aromatic carbocycles. The van der Waals surface area contributed by atoms with Crippen molar-refractivity contribution in [2.24, 2.45) is 5.92 Å². The van der Waals surface area contributed by atoms with E-state index in [1.165, 1.54) is 0 Å². The van der Waals surface area contributed by atoms with E-state index in [1.54, 1.807) is 0 Å². The largest absolute Gasteiger partial charge is 0.481 e. The zero-order valence-corrected chi connectivity index (χ0v) is 24.5. The van der Waals surface area contributed by atoms with Gasteiger partial charge >= 0.3 is 5.97 Å². The Kier molecular flexibility index (Phi) is 8.11. The molecule has 218 valence electrons. The van der Waals surface area contributed by atoms with Gasteiger partial charge in [0.15, 0.2) is 0 Å². The number of amides is 1. The molecule has 0 bridgehead atoms. The molecule has 4 aromatic rings. The lowest BCUT2D eigenvalue weighted by molar-refractivity contribution is -0.137. The number of aliphatic carboxylic acids is 1. The SMILES string of the molecule is Cc1nc2c(c(C)c1CCC(=O)O)c1ccccc1n2Cc1ccc(C(C(=O)N2CC=CCC2)C2CCOCC2)cc1. The number of hydrogen-bond donors (Lipinski definition) is 1. The molecule has 1 unspecified atom stereocenters. The molecule has 0 aliphatic carbocycles. The number of carboxylic acid groups (broad SMARTS) is 1. The summed E-state index contributed by atoms with van der Waals surface area (Å²) >= 11 is 0. The predicted molar refractivity (Wildman–Crippen MR) is 165 cm³/mol. The van der Waals surface area contributed by atoms with Crippen LogP contribution >= 0.6 is 0 Å². The van der Waals surface area contributed by atoms with Crippen LogP contribution in [-0.2, 0) is 27.3 Å².